The molecule has 0 aromatic heterocycles. The Balaban J connectivity index is 0.987. The zero-order valence-electron chi connectivity index (χ0n) is 26.1. The molecule has 0 saturated carbocycles. The van der Waals surface area contributed by atoms with Gasteiger partial charge in [0.2, 0.25) is 0 Å². The SMILES string of the molecule is COc1ccc(Cc2ccc(Oc3ccc(Sc4ccc(Oc5ccc(Cc6ccc(OC)cc6O)cc5)cc4)cc3)cc2)c(O)c1. The minimum Gasteiger partial charge on any atom is -0.508 e. The molecule has 0 spiro atoms. The average molecular weight is 643 g/mol. The molecule has 0 unspecified atom stereocenters. The third-order valence-electron chi connectivity index (χ3n) is 7.58. The van der Waals surface area contributed by atoms with Gasteiger partial charge in [-0.25, -0.2) is 0 Å². The molecular formula is C40H34O6S. The van der Waals surface area contributed by atoms with Crippen molar-refractivity contribution >= 4 is 11.8 Å². The summed E-state index contributed by atoms with van der Waals surface area (Å²) in [6.45, 7) is 0. The van der Waals surface area contributed by atoms with E-state index in [1.807, 2.05) is 121 Å². The Morgan fingerprint density at radius 3 is 1.06 bits per heavy atom. The Morgan fingerprint density at radius 1 is 0.426 bits per heavy atom. The largest absolute Gasteiger partial charge is 0.508 e. The number of phenolic OH excluding ortho intramolecular Hbond substituents is 2. The van der Waals surface area contributed by atoms with Crippen LogP contribution in [0.15, 0.2) is 143 Å². The third-order valence-corrected chi connectivity index (χ3v) is 8.59. The van der Waals surface area contributed by atoms with E-state index in [0.717, 1.165) is 55.0 Å². The maximum Gasteiger partial charge on any atom is 0.127 e. The molecule has 0 amide bonds. The van der Waals surface area contributed by atoms with Crippen molar-refractivity contribution < 1.29 is 29.2 Å². The summed E-state index contributed by atoms with van der Waals surface area (Å²) in [5.74, 6) is 4.71. The number of phenols is 2. The van der Waals surface area contributed by atoms with Crippen LogP contribution in [0, 0.1) is 0 Å². The van der Waals surface area contributed by atoms with Crippen LogP contribution in [0.4, 0.5) is 0 Å². The zero-order chi connectivity index (χ0) is 32.6. The number of aromatic hydroxyl groups is 2. The van der Waals surface area contributed by atoms with E-state index in [1.165, 1.54) is 0 Å². The lowest BCUT2D eigenvalue weighted by atomic mass is 10.0. The molecule has 6 rings (SSSR count). The van der Waals surface area contributed by atoms with Crippen LogP contribution in [0.5, 0.6) is 46.0 Å². The predicted octanol–water partition coefficient (Wildman–Crippen LogP) is 10.0. The molecule has 7 heteroatoms. The molecule has 236 valence electrons. The first kappa shape index (κ1) is 31.5. The molecule has 0 radical (unpaired) electrons. The highest BCUT2D eigenvalue weighted by atomic mass is 32.2. The first-order chi connectivity index (χ1) is 22.9. The van der Waals surface area contributed by atoms with E-state index in [2.05, 4.69) is 0 Å². The fraction of sp³-hybridized carbons (Fsp3) is 0.100. The lowest BCUT2D eigenvalue weighted by Crippen LogP contribution is -1.91. The van der Waals surface area contributed by atoms with Gasteiger partial charge in [0.25, 0.3) is 0 Å². The summed E-state index contributed by atoms with van der Waals surface area (Å²) in [5, 5.41) is 20.5. The molecule has 0 saturated heterocycles. The van der Waals surface area contributed by atoms with Gasteiger partial charge in [-0.3, -0.25) is 0 Å². The molecule has 2 N–H and O–H groups in total. The highest BCUT2D eigenvalue weighted by Gasteiger charge is 2.08. The Labute approximate surface area is 278 Å². The topological polar surface area (TPSA) is 77.4 Å². The van der Waals surface area contributed by atoms with Crippen molar-refractivity contribution in [3.05, 3.63) is 156 Å². The maximum atomic E-state index is 10.3. The highest BCUT2D eigenvalue weighted by Crippen LogP contribution is 2.33. The van der Waals surface area contributed by atoms with E-state index in [9.17, 15) is 10.2 Å². The second kappa shape index (κ2) is 14.7. The summed E-state index contributed by atoms with van der Waals surface area (Å²) in [5.41, 5.74) is 3.82. The molecule has 0 bridgehead atoms. The molecule has 0 heterocycles. The van der Waals surface area contributed by atoms with Gasteiger partial charge in [0.1, 0.15) is 46.0 Å². The third kappa shape index (κ3) is 8.39. The van der Waals surface area contributed by atoms with Gasteiger partial charge in [0, 0.05) is 34.8 Å². The number of hydrogen-bond acceptors (Lipinski definition) is 7. The van der Waals surface area contributed by atoms with Crippen molar-refractivity contribution in [2.24, 2.45) is 0 Å². The number of rotatable bonds is 12. The normalized spacial score (nSPS) is 10.8. The minimum absolute atomic E-state index is 0.221. The van der Waals surface area contributed by atoms with Crippen molar-refractivity contribution in [1.29, 1.82) is 0 Å². The highest BCUT2D eigenvalue weighted by molar-refractivity contribution is 7.99. The number of methoxy groups -OCH3 is 2. The monoisotopic (exact) mass is 642 g/mol. The van der Waals surface area contributed by atoms with Crippen LogP contribution in [0.3, 0.4) is 0 Å². The van der Waals surface area contributed by atoms with E-state index < -0.39 is 0 Å². The zero-order valence-corrected chi connectivity index (χ0v) is 26.9. The van der Waals surface area contributed by atoms with Crippen LogP contribution in [0.1, 0.15) is 22.3 Å². The van der Waals surface area contributed by atoms with E-state index in [0.29, 0.717) is 24.3 Å². The minimum atomic E-state index is 0.221. The smallest absolute Gasteiger partial charge is 0.127 e. The van der Waals surface area contributed by atoms with Crippen LogP contribution in [0.25, 0.3) is 0 Å². The molecule has 0 aliphatic carbocycles. The Morgan fingerprint density at radius 2 is 0.745 bits per heavy atom. The van der Waals surface area contributed by atoms with E-state index in [1.54, 1.807) is 38.1 Å². The van der Waals surface area contributed by atoms with Crippen molar-refractivity contribution in [2.45, 2.75) is 22.6 Å². The van der Waals surface area contributed by atoms with Crippen LogP contribution in [0.2, 0.25) is 0 Å². The summed E-state index contributed by atoms with van der Waals surface area (Å²) in [6, 6.07) is 42.4. The van der Waals surface area contributed by atoms with Gasteiger partial charge < -0.3 is 29.2 Å². The maximum absolute atomic E-state index is 10.3. The van der Waals surface area contributed by atoms with Gasteiger partial charge in [-0.15, -0.1) is 0 Å². The summed E-state index contributed by atoms with van der Waals surface area (Å²) < 4.78 is 22.4. The molecule has 6 aromatic carbocycles. The van der Waals surface area contributed by atoms with E-state index >= 15 is 0 Å². The summed E-state index contributed by atoms with van der Waals surface area (Å²) in [6.07, 6.45) is 1.22. The Hall–Kier alpha value is -5.53. The van der Waals surface area contributed by atoms with Gasteiger partial charge in [-0.2, -0.15) is 0 Å². The Kier molecular flexibility index (Phi) is 9.84. The molecule has 47 heavy (non-hydrogen) atoms. The molecule has 0 aliphatic rings. The fourth-order valence-electron chi connectivity index (χ4n) is 4.99. The number of hydrogen-bond donors (Lipinski definition) is 2. The summed E-state index contributed by atoms with van der Waals surface area (Å²) in [7, 11) is 3.16. The van der Waals surface area contributed by atoms with Gasteiger partial charge in [-0.1, -0.05) is 48.2 Å². The van der Waals surface area contributed by atoms with Gasteiger partial charge in [0.05, 0.1) is 14.2 Å². The van der Waals surface area contributed by atoms with Crippen molar-refractivity contribution in [1.82, 2.24) is 0 Å². The first-order valence-electron chi connectivity index (χ1n) is 15.1. The van der Waals surface area contributed by atoms with Crippen molar-refractivity contribution in [3.63, 3.8) is 0 Å². The van der Waals surface area contributed by atoms with Gasteiger partial charge >= 0.3 is 0 Å². The fourth-order valence-corrected chi connectivity index (χ4v) is 5.81. The van der Waals surface area contributed by atoms with Crippen LogP contribution in [-0.2, 0) is 12.8 Å². The van der Waals surface area contributed by atoms with Crippen LogP contribution < -0.4 is 18.9 Å². The number of benzene rings is 6. The summed E-state index contributed by atoms with van der Waals surface area (Å²) >= 11 is 1.66. The van der Waals surface area contributed by atoms with Crippen molar-refractivity contribution in [3.8, 4) is 46.0 Å². The molecule has 0 atom stereocenters. The van der Waals surface area contributed by atoms with Crippen LogP contribution >= 0.6 is 11.8 Å². The molecule has 6 nitrogen and oxygen atoms in total. The second-order valence-electron chi connectivity index (χ2n) is 10.9. The van der Waals surface area contributed by atoms with Gasteiger partial charge in [-0.05, 0) is 107 Å². The average Bonchev–Trinajstić information content (AvgIpc) is 3.10. The van der Waals surface area contributed by atoms with Crippen molar-refractivity contribution in [2.75, 3.05) is 14.2 Å². The molecular weight excluding hydrogens is 609 g/mol. The predicted molar refractivity (Wildman–Crippen MR) is 185 cm³/mol. The number of ether oxygens (including phenoxy) is 4. The first-order valence-corrected chi connectivity index (χ1v) is 15.9. The standard InChI is InChI=1S/C40H34O6S/c1-43-35-13-7-29(39(41)25-35)23-27-3-9-31(10-4-27)45-33-15-19-37(20-16-33)47-38-21-17-34(18-22-38)46-32-11-5-28(6-12-32)24-30-8-14-36(44-2)26-40(30)42/h3-22,25-26,41-42H,23-24H2,1-2H3. The van der Waals surface area contributed by atoms with E-state index in [-0.39, 0.29) is 11.5 Å². The summed E-state index contributed by atoms with van der Waals surface area (Å²) in [4.78, 5) is 2.19. The lowest BCUT2D eigenvalue weighted by Gasteiger charge is -2.10. The van der Waals surface area contributed by atoms with Gasteiger partial charge in [0.15, 0.2) is 0 Å². The molecule has 6 aromatic rings. The molecule has 0 aliphatic heterocycles. The van der Waals surface area contributed by atoms with Crippen LogP contribution in [-0.4, -0.2) is 24.4 Å². The Bertz CT molecular complexity index is 1780. The second-order valence-corrected chi connectivity index (χ2v) is 12.0. The van der Waals surface area contributed by atoms with E-state index in [4.69, 9.17) is 18.9 Å². The quantitative estimate of drug-likeness (QED) is 0.138. The lowest BCUT2D eigenvalue weighted by molar-refractivity contribution is 0.406. The molecule has 0 fully saturated rings.